The first kappa shape index (κ1) is 19.8. The topological polar surface area (TPSA) is 96.2 Å². The first-order chi connectivity index (χ1) is 12.0. The van der Waals surface area contributed by atoms with Crippen molar-refractivity contribution >= 4 is 11.5 Å². The second-order valence-corrected chi connectivity index (χ2v) is 7.13. The highest BCUT2D eigenvalue weighted by Gasteiger charge is 2.39. The van der Waals surface area contributed by atoms with Gasteiger partial charge in [0.25, 0.3) is 0 Å². The predicted molar refractivity (Wildman–Crippen MR) is 98.2 cm³/mol. The summed E-state index contributed by atoms with van der Waals surface area (Å²) in [6, 6.07) is 1.42. The fraction of sp³-hybridized carbons (Fsp3) is 0.450. The third-order valence-electron chi connectivity index (χ3n) is 4.70. The highest BCUT2D eigenvalue weighted by molar-refractivity contribution is 5.89. The van der Waals surface area contributed by atoms with E-state index >= 15 is 0 Å². The summed E-state index contributed by atoms with van der Waals surface area (Å²) in [5.74, 6) is -0.745. The third kappa shape index (κ3) is 3.70. The Hall–Kier alpha value is -2.47. The molecule has 1 heterocycles. The van der Waals surface area contributed by atoms with E-state index in [0.717, 1.165) is 0 Å². The summed E-state index contributed by atoms with van der Waals surface area (Å²) in [7, 11) is 0. The van der Waals surface area contributed by atoms with Crippen LogP contribution in [-0.4, -0.2) is 39.1 Å². The molecule has 142 valence electrons. The van der Waals surface area contributed by atoms with E-state index in [1.165, 1.54) is 6.07 Å². The summed E-state index contributed by atoms with van der Waals surface area (Å²) in [5.41, 5.74) is 0.159. The molecule has 2 unspecified atom stereocenters. The molecule has 6 nitrogen and oxygen atoms in total. The number of aliphatic hydroxyl groups is 1. The van der Waals surface area contributed by atoms with Crippen LogP contribution in [0.5, 0.6) is 17.2 Å². The number of carbonyl (C=O) groups is 1. The van der Waals surface area contributed by atoms with Crippen LogP contribution in [0.2, 0.25) is 0 Å². The number of ether oxygens (including phenoxy) is 2. The second-order valence-electron chi connectivity index (χ2n) is 7.13. The Labute approximate surface area is 153 Å². The van der Waals surface area contributed by atoms with Gasteiger partial charge in [0.2, 0.25) is 0 Å². The normalized spacial score (nSPS) is 20.8. The molecule has 0 amide bonds. The number of phenols is 2. The molecular formula is C20H26O6. The molecule has 1 aliphatic heterocycles. The molecule has 2 atom stereocenters. The molecule has 6 heteroatoms. The van der Waals surface area contributed by atoms with Crippen LogP contribution in [0.3, 0.4) is 0 Å². The minimum atomic E-state index is -1.26. The maximum absolute atomic E-state index is 12.2. The number of carbonyl (C=O) groups excluding carboxylic acids is 1. The van der Waals surface area contributed by atoms with Gasteiger partial charge in [0.15, 0.2) is 11.5 Å². The van der Waals surface area contributed by atoms with Crippen LogP contribution in [-0.2, 0) is 9.53 Å². The summed E-state index contributed by atoms with van der Waals surface area (Å²) < 4.78 is 11.4. The number of hydrogen-bond donors (Lipinski definition) is 3. The van der Waals surface area contributed by atoms with Crippen molar-refractivity contribution in [3.05, 3.63) is 35.4 Å². The Morgan fingerprint density at radius 3 is 2.58 bits per heavy atom. The molecule has 26 heavy (non-hydrogen) atoms. The van der Waals surface area contributed by atoms with Gasteiger partial charge < -0.3 is 24.8 Å². The minimum Gasteiger partial charge on any atom is -0.508 e. The van der Waals surface area contributed by atoms with Crippen LogP contribution in [0, 0.1) is 6.92 Å². The average Bonchev–Trinajstić information content (AvgIpc) is 2.70. The maximum atomic E-state index is 12.2. The van der Waals surface area contributed by atoms with E-state index in [-0.39, 0.29) is 29.2 Å². The van der Waals surface area contributed by atoms with Crippen molar-refractivity contribution in [3.8, 4) is 17.2 Å². The lowest BCUT2D eigenvalue weighted by molar-refractivity contribution is -0.143. The molecule has 0 saturated carbocycles. The first-order valence-electron chi connectivity index (χ1n) is 8.45. The van der Waals surface area contributed by atoms with Crippen LogP contribution in [0.15, 0.2) is 24.3 Å². The van der Waals surface area contributed by atoms with Crippen LogP contribution in [0.25, 0.3) is 5.57 Å². The van der Waals surface area contributed by atoms with E-state index in [2.05, 4.69) is 6.58 Å². The summed E-state index contributed by atoms with van der Waals surface area (Å²) >= 11 is 0. The van der Waals surface area contributed by atoms with Crippen LogP contribution >= 0.6 is 0 Å². The summed E-state index contributed by atoms with van der Waals surface area (Å²) in [5, 5.41) is 30.9. The van der Waals surface area contributed by atoms with Crippen LogP contribution in [0.1, 0.15) is 45.2 Å². The Balaban J connectivity index is 2.56. The van der Waals surface area contributed by atoms with E-state index in [9.17, 15) is 20.1 Å². The molecule has 3 N–H and O–H groups in total. The Morgan fingerprint density at radius 1 is 1.42 bits per heavy atom. The molecule has 0 spiro atoms. The zero-order valence-electron chi connectivity index (χ0n) is 15.8. The average molecular weight is 362 g/mol. The third-order valence-corrected chi connectivity index (χ3v) is 4.70. The Morgan fingerprint density at radius 2 is 2.04 bits per heavy atom. The summed E-state index contributed by atoms with van der Waals surface area (Å²) in [4.78, 5) is 12.2. The number of rotatable bonds is 3. The van der Waals surface area contributed by atoms with Crippen molar-refractivity contribution < 1.29 is 29.6 Å². The van der Waals surface area contributed by atoms with Gasteiger partial charge in [-0.2, -0.15) is 0 Å². The molecule has 0 aromatic heterocycles. The van der Waals surface area contributed by atoms with Gasteiger partial charge in [-0.05, 0) is 46.3 Å². The van der Waals surface area contributed by atoms with Gasteiger partial charge in [0.1, 0.15) is 18.0 Å². The van der Waals surface area contributed by atoms with Gasteiger partial charge in [-0.1, -0.05) is 12.7 Å². The lowest BCUT2D eigenvalue weighted by Gasteiger charge is -2.30. The molecule has 1 aromatic rings. The molecule has 1 aliphatic rings. The fourth-order valence-electron chi connectivity index (χ4n) is 2.68. The number of fused-ring (bicyclic) bond motifs is 1. The number of benzene rings is 1. The van der Waals surface area contributed by atoms with Crippen LogP contribution < -0.4 is 4.74 Å². The van der Waals surface area contributed by atoms with Crippen molar-refractivity contribution in [3.63, 3.8) is 0 Å². The second kappa shape index (κ2) is 7.03. The van der Waals surface area contributed by atoms with Crippen molar-refractivity contribution in [1.29, 1.82) is 0 Å². The van der Waals surface area contributed by atoms with Gasteiger partial charge in [-0.15, -0.1) is 0 Å². The molecule has 0 fully saturated rings. The number of allylic oxidation sites excluding steroid dienone is 1. The zero-order chi connectivity index (χ0) is 19.8. The Kier molecular flexibility index (Phi) is 5.37. The van der Waals surface area contributed by atoms with E-state index in [4.69, 9.17) is 9.47 Å². The van der Waals surface area contributed by atoms with E-state index in [0.29, 0.717) is 16.7 Å². The van der Waals surface area contributed by atoms with Gasteiger partial charge in [0, 0.05) is 23.1 Å². The van der Waals surface area contributed by atoms with E-state index in [1.54, 1.807) is 40.7 Å². The molecule has 1 aromatic carbocycles. The summed E-state index contributed by atoms with van der Waals surface area (Å²) in [6.07, 6.45) is 0.246. The summed E-state index contributed by atoms with van der Waals surface area (Å²) in [6.45, 7) is 12.1. The van der Waals surface area contributed by atoms with Crippen molar-refractivity contribution in [2.45, 2.75) is 58.8 Å². The largest absolute Gasteiger partial charge is 0.508 e. The molecular weight excluding hydrogens is 336 g/mol. The quantitative estimate of drug-likeness (QED) is 0.564. The first-order valence-corrected chi connectivity index (χ1v) is 8.45. The molecule has 0 saturated heterocycles. The fourth-order valence-corrected chi connectivity index (χ4v) is 2.68. The van der Waals surface area contributed by atoms with E-state index < -0.39 is 23.8 Å². The lowest BCUT2D eigenvalue weighted by Crippen LogP contribution is -2.42. The van der Waals surface area contributed by atoms with Crippen LogP contribution in [0.4, 0.5) is 0 Å². The van der Waals surface area contributed by atoms with E-state index in [1.807, 2.05) is 0 Å². The monoisotopic (exact) mass is 362 g/mol. The maximum Gasteiger partial charge on any atom is 0.333 e. The van der Waals surface area contributed by atoms with Gasteiger partial charge in [-0.25, -0.2) is 4.79 Å². The van der Waals surface area contributed by atoms with Crippen molar-refractivity contribution in [1.82, 2.24) is 0 Å². The zero-order valence-corrected chi connectivity index (χ0v) is 15.8. The van der Waals surface area contributed by atoms with Gasteiger partial charge >= 0.3 is 5.97 Å². The number of hydrogen-bond acceptors (Lipinski definition) is 6. The standard InChI is InChI=1S/C20H26O6/c1-7-10(2)19(23)25-15-9-16(20(5,6)24)26-18-13(11(15)3)8-14(21)12(4)17(18)22/h7-8,15-16,21-22,24H,3,9H2,1-2,4-6H3. The number of aromatic hydroxyl groups is 2. The van der Waals surface area contributed by atoms with Gasteiger partial charge in [-0.3, -0.25) is 0 Å². The highest BCUT2D eigenvalue weighted by atomic mass is 16.6. The smallest absolute Gasteiger partial charge is 0.333 e. The van der Waals surface area contributed by atoms with Crippen molar-refractivity contribution in [2.75, 3.05) is 0 Å². The highest BCUT2D eigenvalue weighted by Crippen LogP contribution is 2.46. The Bertz CT molecular complexity index is 769. The van der Waals surface area contributed by atoms with Crippen molar-refractivity contribution in [2.24, 2.45) is 0 Å². The molecule has 2 rings (SSSR count). The number of phenolic OH excluding ortho intramolecular Hbond substituents is 2. The minimum absolute atomic E-state index is 0.110. The SMILES string of the molecule is C=C1c2cc(O)c(C)c(O)c2OC(C(C)(C)O)CC1OC(=O)C(C)=CC. The molecule has 0 aliphatic carbocycles. The molecule has 0 radical (unpaired) electrons. The predicted octanol–water partition coefficient (Wildman–Crippen LogP) is 3.22. The lowest BCUT2D eigenvalue weighted by atomic mass is 9.92. The van der Waals surface area contributed by atoms with Gasteiger partial charge in [0.05, 0.1) is 5.60 Å². The number of esters is 1. The molecule has 0 bridgehead atoms.